The molecule has 0 aliphatic rings. The van der Waals surface area contributed by atoms with Gasteiger partial charge in [-0.2, -0.15) is 0 Å². The van der Waals surface area contributed by atoms with Gasteiger partial charge in [0.25, 0.3) is 0 Å². The van der Waals surface area contributed by atoms with Gasteiger partial charge in [-0.1, -0.05) is 11.6 Å². The molecular weight excluding hydrogens is 328 g/mol. The highest BCUT2D eigenvalue weighted by atomic mass is 79.9. The number of hydrazine groups is 1. The Kier molecular flexibility index (Phi) is 4.41. The van der Waals surface area contributed by atoms with Crippen molar-refractivity contribution in [3.05, 3.63) is 42.1 Å². The molecule has 0 saturated carbocycles. The van der Waals surface area contributed by atoms with E-state index in [0.29, 0.717) is 0 Å². The van der Waals surface area contributed by atoms with E-state index < -0.39 is 0 Å². The lowest BCUT2D eigenvalue weighted by molar-refractivity contribution is 0.564. The van der Waals surface area contributed by atoms with Gasteiger partial charge in [0.15, 0.2) is 0 Å². The van der Waals surface area contributed by atoms with Crippen LogP contribution in [0.4, 0.5) is 0 Å². The molecule has 2 rings (SSSR count). The maximum Gasteiger partial charge on any atom is 0.0616 e. The van der Waals surface area contributed by atoms with Crippen LogP contribution in [-0.4, -0.2) is 0 Å². The third-order valence-electron chi connectivity index (χ3n) is 2.24. The molecule has 2 heterocycles. The summed E-state index contributed by atoms with van der Waals surface area (Å²) in [5.74, 6) is 5.59. The first-order chi connectivity index (χ1) is 7.72. The number of rotatable bonds is 4. The quantitative estimate of drug-likeness (QED) is 0.654. The van der Waals surface area contributed by atoms with Crippen LogP contribution in [0.1, 0.15) is 15.8 Å². The standard InChI is InChI=1S/C10H10BrClN2S2/c11-6-1-3-15-9(6)5-8(14-13)10-7(12)2-4-16-10/h1-4,8,14H,5,13H2. The molecule has 6 heteroatoms. The fraction of sp³-hybridized carbons (Fsp3) is 0.200. The first-order valence-electron chi connectivity index (χ1n) is 4.63. The van der Waals surface area contributed by atoms with Crippen LogP contribution in [0.15, 0.2) is 27.4 Å². The molecule has 1 unspecified atom stereocenters. The van der Waals surface area contributed by atoms with Gasteiger partial charge >= 0.3 is 0 Å². The molecule has 0 amide bonds. The first-order valence-corrected chi connectivity index (χ1v) is 7.56. The summed E-state index contributed by atoms with van der Waals surface area (Å²) < 4.78 is 1.13. The maximum absolute atomic E-state index is 6.10. The zero-order chi connectivity index (χ0) is 11.5. The minimum absolute atomic E-state index is 0.0717. The van der Waals surface area contributed by atoms with Crippen molar-refractivity contribution in [2.24, 2.45) is 5.84 Å². The summed E-state index contributed by atoms with van der Waals surface area (Å²) in [5, 5.41) is 4.81. The fourth-order valence-corrected chi connectivity index (χ4v) is 4.25. The van der Waals surface area contributed by atoms with Crippen LogP contribution in [0.2, 0.25) is 5.02 Å². The third kappa shape index (κ3) is 2.67. The SMILES string of the molecule is NNC(Cc1sccc1Br)c1sccc1Cl. The molecule has 2 aromatic heterocycles. The normalized spacial score (nSPS) is 12.9. The molecule has 0 aromatic carbocycles. The van der Waals surface area contributed by atoms with Crippen LogP contribution in [0, 0.1) is 0 Å². The largest absolute Gasteiger partial charge is 0.271 e. The van der Waals surface area contributed by atoms with Crippen molar-refractivity contribution in [3.8, 4) is 0 Å². The molecule has 0 spiro atoms. The van der Waals surface area contributed by atoms with Crippen LogP contribution in [0.3, 0.4) is 0 Å². The average molecular weight is 338 g/mol. The molecule has 0 bridgehead atoms. The summed E-state index contributed by atoms with van der Waals surface area (Å²) in [7, 11) is 0. The van der Waals surface area contributed by atoms with E-state index in [1.807, 2.05) is 17.5 Å². The van der Waals surface area contributed by atoms with Crippen LogP contribution in [-0.2, 0) is 6.42 Å². The van der Waals surface area contributed by atoms with Crippen molar-refractivity contribution >= 4 is 50.2 Å². The van der Waals surface area contributed by atoms with E-state index in [1.54, 1.807) is 22.7 Å². The summed E-state index contributed by atoms with van der Waals surface area (Å²) in [6.07, 6.45) is 0.842. The van der Waals surface area contributed by atoms with Crippen molar-refractivity contribution in [2.75, 3.05) is 0 Å². The molecule has 1 atom stereocenters. The second-order valence-electron chi connectivity index (χ2n) is 3.25. The lowest BCUT2D eigenvalue weighted by atomic mass is 10.1. The van der Waals surface area contributed by atoms with Crippen molar-refractivity contribution in [2.45, 2.75) is 12.5 Å². The molecule has 0 aliphatic carbocycles. The van der Waals surface area contributed by atoms with Gasteiger partial charge in [0.1, 0.15) is 0 Å². The number of nitrogens with one attached hydrogen (secondary N) is 1. The molecule has 0 saturated heterocycles. The molecule has 86 valence electrons. The Morgan fingerprint density at radius 1 is 1.38 bits per heavy atom. The number of thiophene rings is 2. The van der Waals surface area contributed by atoms with E-state index in [9.17, 15) is 0 Å². The number of hydrogen-bond donors (Lipinski definition) is 2. The Morgan fingerprint density at radius 2 is 2.12 bits per heavy atom. The summed E-state index contributed by atoms with van der Waals surface area (Å²) >= 11 is 13.0. The molecule has 2 aromatic rings. The number of halogens is 2. The van der Waals surface area contributed by atoms with E-state index in [4.69, 9.17) is 17.4 Å². The van der Waals surface area contributed by atoms with Gasteiger partial charge in [0.2, 0.25) is 0 Å². The molecule has 3 N–H and O–H groups in total. The van der Waals surface area contributed by atoms with Gasteiger partial charge in [0.05, 0.1) is 11.1 Å². The van der Waals surface area contributed by atoms with Crippen LogP contribution in [0.25, 0.3) is 0 Å². The summed E-state index contributed by atoms with van der Waals surface area (Å²) in [5.41, 5.74) is 2.82. The van der Waals surface area contributed by atoms with Crippen molar-refractivity contribution in [1.29, 1.82) is 0 Å². The summed E-state index contributed by atoms with van der Waals surface area (Å²) in [6.45, 7) is 0. The smallest absolute Gasteiger partial charge is 0.0616 e. The topological polar surface area (TPSA) is 38.0 Å². The highest BCUT2D eigenvalue weighted by Gasteiger charge is 2.17. The third-order valence-corrected chi connectivity index (χ3v) is 5.66. The zero-order valence-electron chi connectivity index (χ0n) is 8.24. The molecular formula is C10H10BrClN2S2. The second-order valence-corrected chi connectivity index (χ2v) is 6.46. The molecule has 0 fully saturated rings. The van der Waals surface area contributed by atoms with E-state index in [0.717, 1.165) is 20.8 Å². The average Bonchev–Trinajstić information content (AvgIpc) is 2.85. The fourth-order valence-electron chi connectivity index (χ4n) is 1.44. The van der Waals surface area contributed by atoms with Crippen molar-refractivity contribution < 1.29 is 0 Å². The van der Waals surface area contributed by atoms with E-state index >= 15 is 0 Å². The Hall–Kier alpha value is 0.0900. The predicted octanol–water partition coefficient (Wildman–Crippen LogP) is 3.97. The van der Waals surface area contributed by atoms with Gasteiger partial charge in [-0.05, 0) is 38.8 Å². The molecule has 2 nitrogen and oxygen atoms in total. The Morgan fingerprint density at radius 3 is 2.62 bits per heavy atom. The first kappa shape index (κ1) is 12.5. The monoisotopic (exact) mass is 336 g/mol. The predicted molar refractivity (Wildman–Crippen MR) is 75.1 cm³/mol. The van der Waals surface area contributed by atoms with Crippen molar-refractivity contribution in [1.82, 2.24) is 5.43 Å². The number of nitrogens with two attached hydrogens (primary N) is 1. The van der Waals surface area contributed by atoms with E-state index in [-0.39, 0.29) is 6.04 Å². The van der Waals surface area contributed by atoms with E-state index in [2.05, 4.69) is 26.7 Å². The maximum atomic E-state index is 6.10. The summed E-state index contributed by atoms with van der Waals surface area (Å²) in [4.78, 5) is 2.36. The van der Waals surface area contributed by atoms with E-state index in [1.165, 1.54) is 4.88 Å². The van der Waals surface area contributed by atoms with Crippen LogP contribution in [0.5, 0.6) is 0 Å². The van der Waals surface area contributed by atoms with Gasteiger partial charge in [0, 0.05) is 20.6 Å². The van der Waals surface area contributed by atoms with Gasteiger partial charge in [-0.15, -0.1) is 22.7 Å². The van der Waals surface area contributed by atoms with Crippen LogP contribution >= 0.6 is 50.2 Å². The van der Waals surface area contributed by atoms with Gasteiger partial charge in [-0.3, -0.25) is 11.3 Å². The Labute approximate surface area is 116 Å². The Bertz CT molecular complexity index is 469. The summed E-state index contributed by atoms with van der Waals surface area (Å²) in [6, 6.07) is 4.02. The zero-order valence-corrected chi connectivity index (χ0v) is 12.2. The second kappa shape index (κ2) is 5.62. The van der Waals surface area contributed by atoms with Crippen LogP contribution < -0.4 is 11.3 Å². The minimum atomic E-state index is 0.0717. The lowest BCUT2D eigenvalue weighted by Gasteiger charge is -2.14. The van der Waals surface area contributed by atoms with Crippen molar-refractivity contribution in [3.63, 3.8) is 0 Å². The minimum Gasteiger partial charge on any atom is -0.271 e. The molecule has 16 heavy (non-hydrogen) atoms. The van der Waals surface area contributed by atoms with Gasteiger partial charge in [-0.25, -0.2) is 0 Å². The highest BCUT2D eigenvalue weighted by molar-refractivity contribution is 9.10. The Balaban J connectivity index is 2.19. The van der Waals surface area contributed by atoms with Gasteiger partial charge < -0.3 is 0 Å². The highest BCUT2D eigenvalue weighted by Crippen LogP contribution is 2.33. The number of hydrogen-bond acceptors (Lipinski definition) is 4. The lowest BCUT2D eigenvalue weighted by Crippen LogP contribution is -2.29. The molecule has 0 aliphatic heterocycles. The molecule has 0 radical (unpaired) electrons.